The zero-order chi connectivity index (χ0) is 16.1. The maximum absolute atomic E-state index is 13.4. The number of anilines is 1. The second-order valence-corrected chi connectivity index (χ2v) is 5.12. The van der Waals surface area contributed by atoms with Crippen LogP contribution < -0.4 is 10.7 Å². The van der Waals surface area contributed by atoms with Gasteiger partial charge in [0.05, 0.1) is 11.8 Å². The maximum atomic E-state index is 13.4. The molecule has 0 saturated carbocycles. The molecular formula is C16H15F2N3S. The Bertz CT molecular complexity index is 709. The Hall–Kier alpha value is -2.34. The number of hydrogen-bond donors (Lipinski definition) is 2. The van der Waals surface area contributed by atoms with Crippen LogP contribution in [0.1, 0.15) is 16.7 Å². The predicted octanol–water partition coefficient (Wildman–Crippen LogP) is 3.90. The van der Waals surface area contributed by atoms with Gasteiger partial charge in [-0.1, -0.05) is 18.2 Å². The number of hydrazone groups is 1. The number of nitrogens with one attached hydrogen (secondary N) is 2. The van der Waals surface area contributed by atoms with Crippen molar-refractivity contribution < 1.29 is 8.78 Å². The van der Waals surface area contributed by atoms with E-state index in [2.05, 4.69) is 15.8 Å². The molecule has 0 saturated heterocycles. The van der Waals surface area contributed by atoms with Crippen LogP contribution in [-0.2, 0) is 0 Å². The van der Waals surface area contributed by atoms with Gasteiger partial charge in [-0.15, -0.1) is 0 Å². The van der Waals surface area contributed by atoms with E-state index in [4.69, 9.17) is 12.2 Å². The van der Waals surface area contributed by atoms with E-state index >= 15 is 0 Å². The van der Waals surface area contributed by atoms with Crippen molar-refractivity contribution in [1.82, 2.24) is 5.43 Å². The smallest absolute Gasteiger partial charge is 0.191 e. The van der Waals surface area contributed by atoms with Crippen molar-refractivity contribution in [2.24, 2.45) is 5.10 Å². The van der Waals surface area contributed by atoms with Gasteiger partial charge in [0.2, 0.25) is 0 Å². The van der Waals surface area contributed by atoms with Crippen LogP contribution >= 0.6 is 12.2 Å². The van der Waals surface area contributed by atoms with Crippen LogP contribution in [-0.4, -0.2) is 11.3 Å². The van der Waals surface area contributed by atoms with Crippen LogP contribution in [0.2, 0.25) is 0 Å². The molecule has 2 aromatic carbocycles. The average molecular weight is 319 g/mol. The molecule has 0 aliphatic carbocycles. The molecule has 0 amide bonds. The van der Waals surface area contributed by atoms with Crippen molar-refractivity contribution in [3.63, 3.8) is 0 Å². The van der Waals surface area contributed by atoms with Gasteiger partial charge in [-0.3, -0.25) is 5.43 Å². The van der Waals surface area contributed by atoms with Crippen LogP contribution in [0.4, 0.5) is 14.5 Å². The lowest BCUT2D eigenvalue weighted by Gasteiger charge is -2.11. The zero-order valence-corrected chi connectivity index (χ0v) is 13.0. The summed E-state index contributed by atoms with van der Waals surface area (Å²) >= 11 is 5.10. The average Bonchev–Trinajstić information content (AvgIpc) is 2.47. The molecule has 0 radical (unpaired) electrons. The second-order valence-electron chi connectivity index (χ2n) is 4.71. The van der Waals surface area contributed by atoms with E-state index in [1.807, 2.05) is 32.0 Å². The molecule has 114 valence electrons. The highest BCUT2D eigenvalue weighted by Crippen LogP contribution is 2.17. The first-order valence-electron chi connectivity index (χ1n) is 6.59. The van der Waals surface area contributed by atoms with E-state index < -0.39 is 11.6 Å². The fourth-order valence-electron chi connectivity index (χ4n) is 1.83. The lowest BCUT2D eigenvalue weighted by atomic mass is 10.1. The molecule has 2 N–H and O–H groups in total. The minimum Gasteiger partial charge on any atom is -0.331 e. The van der Waals surface area contributed by atoms with Crippen molar-refractivity contribution in [1.29, 1.82) is 0 Å². The van der Waals surface area contributed by atoms with Gasteiger partial charge < -0.3 is 5.32 Å². The van der Waals surface area contributed by atoms with Crippen molar-refractivity contribution in [2.75, 3.05) is 5.32 Å². The Kier molecular flexibility index (Phi) is 5.16. The summed E-state index contributed by atoms with van der Waals surface area (Å²) in [5.74, 6) is -1.36. The molecule has 22 heavy (non-hydrogen) atoms. The summed E-state index contributed by atoms with van der Waals surface area (Å²) in [6, 6.07) is 9.41. The molecule has 6 heteroatoms. The van der Waals surface area contributed by atoms with Gasteiger partial charge >= 0.3 is 0 Å². The molecule has 0 spiro atoms. The molecule has 0 heterocycles. The highest BCUT2D eigenvalue weighted by Gasteiger charge is 2.05. The van der Waals surface area contributed by atoms with E-state index in [9.17, 15) is 8.78 Å². The minimum atomic E-state index is -0.682. The molecule has 2 rings (SSSR count). The third kappa shape index (κ3) is 3.85. The third-order valence-electron chi connectivity index (χ3n) is 3.21. The summed E-state index contributed by atoms with van der Waals surface area (Å²) in [6.07, 6.45) is 1.06. The highest BCUT2D eigenvalue weighted by molar-refractivity contribution is 7.80. The lowest BCUT2D eigenvalue weighted by molar-refractivity contribution is 0.580. The lowest BCUT2D eigenvalue weighted by Crippen LogP contribution is -2.24. The van der Waals surface area contributed by atoms with E-state index in [0.29, 0.717) is 0 Å². The molecule has 0 unspecified atom stereocenters. The second kappa shape index (κ2) is 7.09. The largest absolute Gasteiger partial charge is 0.331 e. The van der Waals surface area contributed by atoms with Gasteiger partial charge in [0.15, 0.2) is 5.11 Å². The van der Waals surface area contributed by atoms with Gasteiger partial charge in [-0.05, 0) is 55.4 Å². The number of rotatable bonds is 3. The van der Waals surface area contributed by atoms with Crippen LogP contribution in [0.15, 0.2) is 41.5 Å². The van der Waals surface area contributed by atoms with Crippen LogP contribution in [0, 0.1) is 25.5 Å². The SMILES string of the molecule is Cc1cccc(NC(=S)N/N=C\c2c(F)cccc2F)c1C. The molecule has 0 fully saturated rings. The summed E-state index contributed by atoms with van der Waals surface area (Å²) in [7, 11) is 0. The number of aryl methyl sites for hydroxylation is 1. The predicted molar refractivity (Wildman–Crippen MR) is 89.2 cm³/mol. The van der Waals surface area contributed by atoms with Crippen molar-refractivity contribution in [3.8, 4) is 0 Å². The first kappa shape index (κ1) is 16.0. The number of nitrogens with zero attached hydrogens (tertiary/aromatic N) is 1. The number of halogens is 2. The first-order valence-corrected chi connectivity index (χ1v) is 7.00. The summed E-state index contributed by atoms with van der Waals surface area (Å²) in [5, 5.41) is 6.98. The Morgan fingerprint density at radius 1 is 1.09 bits per heavy atom. The van der Waals surface area contributed by atoms with Crippen molar-refractivity contribution in [2.45, 2.75) is 13.8 Å². The monoisotopic (exact) mass is 319 g/mol. The Labute approximate surface area is 133 Å². The summed E-state index contributed by atoms with van der Waals surface area (Å²) < 4.78 is 26.8. The van der Waals surface area contributed by atoms with Gasteiger partial charge in [0.1, 0.15) is 11.6 Å². The molecule has 0 atom stereocenters. The number of thiocarbonyl (C=S) groups is 1. The third-order valence-corrected chi connectivity index (χ3v) is 3.41. The molecule has 0 bridgehead atoms. The summed E-state index contributed by atoms with van der Waals surface area (Å²) in [6.45, 7) is 3.97. The first-order chi connectivity index (χ1) is 10.5. The summed E-state index contributed by atoms with van der Waals surface area (Å²) in [4.78, 5) is 0. The molecule has 0 aliphatic rings. The molecule has 3 nitrogen and oxygen atoms in total. The molecule has 2 aromatic rings. The minimum absolute atomic E-state index is 0.218. The van der Waals surface area contributed by atoms with Gasteiger partial charge in [0, 0.05) is 5.69 Å². The Morgan fingerprint density at radius 3 is 2.41 bits per heavy atom. The zero-order valence-electron chi connectivity index (χ0n) is 12.2. The van der Waals surface area contributed by atoms with Crippen molar-refractivity contribution >= 4 is 29.2 Å². The van der Waals surface area contributed by atoms with E-state index in [1.165, 1.54) is 6.07 Å². The quantitative estimate of drug-likeness (QED) is 0.512. The standard InChI is InChI=1S/C16H15F2N3S/c1-10-5-3-8-15(11(10)2)20-16(22)21-19-9-12-13(17)6-4-7-14(12)18/h3-9H,1-2H3,(H2,20,21,22)/b19-9-. The Morgan fingerprint density at radius 2 is 1.73 bits per heavy atom. The summed E-state index contributed by atoms with van der Waals surface area (Å²) in [5.41, 5.74) is 5.37. The highest BCUT2D eigenvalue weighted by atomic mass is 32.1. The van der Waals surface area contributed by atoms with Crippen LogP contribution in [0.5, 0.6) is 0 Å². The van der Waals surface area contributed by atoms with Crippen LogP contribution in [0.3, 0.4) is 0 Å². The van der Waals surface area contributed by atoms with E-state index in [0.717, 1.165) is 35.2 Å². The van der Waals surface area contributed by atoms with Gasteiger partial charge in [0.25, 0.3) is 0 Å². The van der Waals surface area contributed by atoms with E-state index in [-0.39, 0.29) is 10.7 Å². The van der Waals surface area contributed by atoms with Gasteiger partial charge in [-0.2, -0.15) is 5.10 Å². The van der Waals surface area contributed by atoms with Crippen molar-refractivity contribution in [3.05, 3.63) is 64.7 Å². The molecule has 0 aliphatic heterocycles. The van der Waals surface area contributed by atoms with Gasteiger partial charge in [-0.25, -0.2) is 8.78 Å². The topological polar surface area (TPSA) is 36.4 Å². The Balaban J connectivity index is 2.01. The fraction of sp³-hybridized carbons (Fsp3) is 0.125. The number of benzene rings is 2. The molecule has 0 aromatic heterocycles. The maximum Gasteiger partial charge on any atom is 0.191 e. The van der Waals surface area contributed by atoms with E-state index in [1.54, 1.807) is 0 Å². The fourth-order valence-corrected chi connectivity index (χ4v) is 1.99. The van der Waals surface area contributed by atoms with Crippen LogP contribution in [0.25, 0.3) is 0 Å². The molecular weight excluding hydrogens is 304 g/mol. The normalized spacial score (nSPS) is 10.7. The number of hydrogen-bond acceptors (Lipinski definition) is 2.